The number of nitrogens with two attached hydrogens (primary N) is 1. The number of hydrogen-bond donors (Lipinski definition) is 3. The van der Waals surface area contributed by atoms with Crippen molar-refractivity contribution in [2.24, 2.45) is 5.73 Å². The number of aromatic nitrogens is 3. The Morgan fingerprint density at radius 3 is 2.60 bits per heavy atom. The lowest BCUT2D eigenvalue weighted by molar-refractivity contribution is -0.141. The van der Waals surface area contributed by atoms with Crippen molar-refractivity contribution in [2.45, 2.75) is 45.2 Å². The smallest absolute Gasteiger partial charge is 0.269 e. The molecule has 0 aliphatic carbocycles. The van der Waals surface area contributed by atoms with Crippen LogP contribution in [0.2, 0.25) is 5.15 Å². The van der Waals surface area contributed by atoms with Crippen LogP contribution in [0.15, 0.2) is 60.7 Å². The second-order valence-corrected chi connectivity index (χ2v) is 10.6. The van der Waals surface area contributed by atoms with Gasteiger partial charge in [-0.05, 0) is 67.6 Å². The SMILES string of the molecule is Cc1ccccc1CC(=O)Nc1ccc2c(c1)c(C(N)=O)nn2CC(=O)N1CCCC[C@H]1C(=O)Nc1cccc(Cl)n1. The third-order valence-electron chi connectivity index (χ3n) is 7.26. The van der Waals surface area contributed by atoms with Crippen LogP contribution in [0.4, 0.5) is 11.5 Å². The largest absolute Gasteiger partial charge is 0.364 e. The number of pyridine rings is 1. The molecule has 3 heterocycles. The van der Waals surface area contributed by atoms with Crippen LogP contribution < -0.4 is 16.4 Å². The highest BCUT2D eigenvalue weighted by molar-refractivity contribution is 6.29. The Bertz CT molecular complexity index is 1690. The number of anilines is 2. The van der Waals surface area contributed by atoms with Gasteiger partial charge >= 0.3 is 0 Å². The summed E-state index contributed by atoms with van der Waals surface area (Å²) in [5.74, 6) is -1.36. The summed E-state index contributed by atoms with van der Waals surface area (Å²) in [6, 6.07) is 16.8. The van der Waals surface area contributed by atoms with Crippen molar-refractivity contribution in [1.29, 1.82) is 0 Å². The summed E-state index contributed by atoms with van der Waals surface area (Å²) in [5, 5.41) is 10.6. The number of hydrogen-bond acceptors (Lipinski definition) is 6. The average Bonchev–Trinajstić information content (AvgIpc) is 3.32. The Labute approximate surface area is 247 Å². The quantitative estimate of drug-likeness (QED) is 0.267. The fourth-order valence-corrected chi connectivity index (χ4v) is 5.32. The van der Waals surface area contributed by atoms with E-state index in [0.717, 1.165) is 24.0 Å². The lowest BCUT2D eigenvalue weighted by Crippen LogP contribution is -2.51. The highest BCUT2D eigenvalue weighted by Gasteiger charge is 2.33. The molecule has 4 amide bonds. The number of fused-ring (bicyclic) bond motifs is 1. The lowest BCUT2D eigenvalue weighted by atomic mass is 10.0. The minimum atomic E-state index is -0.765. The number of halogens is 1. The Balaban J connectivity index is 1.34. The fraction of sp³-hybridized carbons (Fsp3) is 0.267. The Hall–Kier alpha value is -4.77. The number of primary amides is 1. The number of carbonyl (C=O) groups is 4. The maximum atomic E-state index is 13.5. The van der Waals surface area contributed by atoms with E-state index in [1.165, 1.54) is 9.58 Å². The minimum Gasteiger partial charge on any atom is -0.364 e. The summed E-state index contributed by atoms with van der Waals surface area (Å²) in [5.41, 5.74) is 8.49. The molecule has 11 nitrogen and oxygen atoms in total. The average molecular weight is 588 g/mol. The first kappa shape index (κ1) is 28.7. The molecule has 1 fully saturated rings. The van der Waals surface area contributed by atoms with Crippen molar-refractivity contribution in [3.8, 4) is 0 Å². The molecule has 1 saturated heterocycles. The van der Waals surface area contributed by atoms with Gasteiger partial charge in [-0.1, -0.05) is 41.9 Å². The number of aryl methyl sites for hydroxylation is 1. The standard InChI is InChI=1S/C30H30ClN7O4/c1-18-7-2-3-8-19(18)15-26(39)33-20-12-13-22-21(16-20)28(29(32)41)36-38(22)17-27(40)37-14-5-4-9-23(37)30(42)35-25-11-6-10-24(31)34-25/h2-3,6-8,10-13,16,23H,4-5,9,14-15,17H2,1H3,(H2,32,41)(H,33,39)(H,34,35,42)/t23-/m0/s1. The van der Waals surface area contributed by atoms with Gasteiger partial charge < -0.3 is 21.3 Å². The summed E-state index contributed by atoms with van der Waals surface area (Å²) in [4.78, 5) is 57.2. The summed E-state index contributed by atoms with van der Waals surface area (Å²) in [7, 11) is 0. The first-order valence-electron chi connectivity index (χ1n) is 13.6. The number of piperidine rings is 1. The van der Waals surface area contributed by atoms with Gasteiger partial charge in [0.25, 0.3) is 5.91 Å². The minimum absolute atomic E-state index is 0.0206. The predicted octanol–water partition coefficient (Wildman–Crippen LogP) is 3.69. The number of likely N-dealkylation sites (tertiary alicyclic amines) is 1. The normalized spacial score (nSPS) is 14.9. The molecular formula is C30H30ClN7O4. The highest BCUT2D eigenvalue weighted by atomic mass is 35.5. The maximum Gasteiger partial charge on any atom is 0.269 e. The van der Waals surface area contributed by atoms with E-state index in [1.54, 1.807) is 36.4 Å². The van der Waals surface area contributed by atoms with Gasteiger partial charge in [-0.15, -0.1) is 0 Å². The van der Waals surface area contributed by atoms with Gasteiger partial charge in [-0.2, -0.15) is 5.10 Å². The topological polar surface area (TPSA) is 152 Å². The Kier molecular flexibility index (Phi) is 8.48. The molecule has 2 aromatic heterocycles. The Morgan fingerprint density at radius 1 is 1.02 bits per heavy atom. The van der Waals surface area contributed by atoms with E-state index < -0.39 is 11.9 Å². The number of benzene rings is 2. The van der Waals surface area contributed by atoms with E-state index in [4.69, 9.17) is 17.3 Å². The number of carbonyl (C=O) groups excluding carboxylic acids is 4. The van der Waals surface area contributed by atoms with Crippen LogP contribution in [0, 0.1) is 6.92 Å². The fourth-order valence-electron chi connectivity index (χ4n) is 5.16. The van der Waals surface area contributed by atoms with Gasteiger partial charge in [0.1, 0.15) is 23.6 Å². The lowest BCUT2D eigenvalue weighted by Gasteiger charge is -2.34. The second-order valence-electron chi connectivity index (χ2n) is 10.2. The molecule has 216 valence electrons. The van der Waals surface area contributed by atoms with E-state index in [-0.39, 0.29) is 41.5 Å². The molecule has 0 bridgehead atoms. The third-order valence-corrected chi connectivity index (χ3v) is 7.47. The van der Waals surface area contributed by atoms with Gasteiger partial charge in [0.15, 0.2) is 5.69 Å². The third kappa shape index (κ3) is 6.41. The molecule has 1 aliphatic heterocycles. The molecular weight excluding hydrogens is 558 g/mol. The zero-order valence-electron chi connectivity index (χ0n) is 23.0. The number of amides is 4. The van der Waals surface area contributed by atoms with E-state index in [9.17, 15) is 19.2 Å². The van der Waals surface area contributed by atoms with Crippen LogP contribution in [0.5, 0.6) is 0 Å². The summed E-state index contributed by atoms with van der Waals surface area (Å²) < 4.78 is 1.40. The summed E-state index contributed by atoms with van der Waals surface area (Å²) in [6.07, 6.45) is 2.23. The zero-order chi connectivity index (χ0) is 29.8. The van der Waals surface area contributed by atoms with Crippen LogP contribution in [0.1, 0.15) is 40.9 Å². The highest BCUT2D eigenvalue weighted by Crippen LogP contribution is 2.25. The van der Waals surface area contributed by atoms with Crippen LogP contribution in [0.25, 0.3) is 10.9 Å². The molecule has 5 rings (SSSR count). The van der Waals surface area contributed by atoms with Crippen molar-refractivity contribution in [1.82, 2.24) is 19.7 Å². The molecule has 0 unspecified atom stereocenters. The van der Waals surface area contributed by atoms with Crippen LogP contribution in [-0.4, -0.2) is 55.9 Å². The van der Waals surface area contributed by atoms with Gasteiger partial charge in [-0.25, -0.2) is 4.98 Å². The van der Waals surface area contributed by atoms with Crippen LogP contribution >= 0.6 is 11.6 Å². The van der Waals surface area contributed by atoms with Gasteiger partial charge in [0.05, 0.1) is 11.9 Å². The molecule has 0 radical (unpaired) electrons. The number of nitrogens with one attached hydrogen (secondary N) is 2. The Morgan fingerprint density at radius 2 is 1.83 bits per heavy atom. The molecule has 0 spiro atoms. The van der Waals surface area contributed by atoms with Gasteiger partial charge in [-0.3, -0.25) is 23.9 Å². The molecule has 0 saturated carbocycles. The molecule has 2 aromatic carbocycles. The molecule has 12 heteroatoms. The number of rotatable bonds is 8. The van der Waals surface area contributed by atoms with Crippen molar-refractivity contribution in [3.63, 3.8) is 0 Å². The first-order valence-corrected chi connectivity index (χ1v) is 13.9. The van der Waals surface area contributed by atoms with Gasteiger partial charge in [0.2, 0.25) is 17.7 Å². The van der Waals surface area contributed by atoms with E-state index in [2.05, 4.69) is 20.7 Å². The van der Waals surface area contributed by atoms with Crippen molar-refractivity contribution in [3.05, 3.63) is 82.6 Å². The van der Waals surface area contributed by atoms with Crippen molar-refractivity contribution in [2.75, 3.05) is 17.2 Å². The molecule has 4 N–H and O–H groups in total. The van der Waals surface area contributed by atoms with Crippen molar-refractivity contribution < 1.29 is 19.2 Å². The molecule has 1 aliphatic rings. The molecule has 4 aromatic rings. The van der Waals surface area contributed by atoms with Crippen molar-refractivity contribution >= 4 is 57.6 Å². The molecule has 42 heavy (non-hydrogen) atoms. The second kappa shape index (κ2) is 12.4. The molecule has 1 atom stereocenters. The summed E-state index contributed by atoms with van der Waals surface area (Å²) >= 11 is 5.94. The van der Waals surface area contributed by atoms with E-state index in [0.29, 0.717) is 35.4 Å². The van der Waals surface area contributed by atoms with E-state index >= 15 is 0 Å². The summed E-state index contributed by atoms with van der Waals surface area (Å²) in [6.45, 7) is 2.14. The van der Waals surface area contributed by atoms with Crippen LogP contribution in [-0.2, 0) is 27.3 Å². The number of nitrogens with zero attached hydrogens (tertiary/aromatic N) is 4. The maximum absolute atomic E-state index is 13.5. The van der Waals surface area contributed by atoms with Gasteiger partial charge in [0, 0.05) is 17.6 Å². The van der Waals surface area contributed by atoms with Crippen LogP contribution in [0.3, 0.4) is 0 Å². The first-order chi connectivity index (χ1) is 20.2. The monoisotopic (exact) mass is 587 g/mol. The zero-order valence-corrected chi connectivity index (χ0v) is 23.7. The van der Waals surface area contributed by atoms with E-state index in [1.807, 2.05) is 31.2 Å². The predicted molar refractivity (Wildman–Crippen MR) is 159 cm³/mol.